The topological polar surface area (TPSA) is 64.7 Å². The highest BCUT2D eigenvalue weighted by Gasteiger charge is 2.15. The lowest BCUT2D eigenvalue weighted by Crippen LogP contribution is -1.97. The van der Waals surface area contributed by atoms with Gasteiger partial charge in [-0.15, -0.1) is 11.3 Å². The van der Waals surface area contributed by atoms with Crippen molar-refractivity contribution in [2.24, 2.45) is 0 Å². The highest BCUT2D eigenvalue weighted by Crippen LogP contribution is 2.39. The molecule has 0 aliphatic heterocycles. The average molecular weight is 743 g/mol. The van der Waals surface area contributed by atoms with Gasteiger partial charge in [0.1, 0.15) is 5.01 Å². The molecule has 0 fully saturated rings. The Labute approximate surface area is 328 Å². The third-order valence-electron chi connectivity index (χ3n) is 9.51. The van der Waals surface area contributed by atoms with Crippen molar-refractivity contribution in [2.45, 2.75) is 4.90 Å². The zero-order chi connectivity index (χ0) is 37.1. The van der Waals surface area contributed by atoms with E-state index < -0.39 is 0 Å². The number of aromatic nitrogens is 3. The minimum atomic E-state index is 0.663. The van der Waals surface area contributed by atoms with Gasteiger partial charge in [-0.25, -0.2) is 15.0 Å². The maximum absolute atomic E-state index is 6.23. The second-order valence-corrected chi connectivity index (χ2v) is 15.4. The fraction of sp³-hybridized carbons (Fsp3) is 0. The Balaban J connectivity index is 1.14. The van der Waals surface area contributed by atoms with E-state index in [2.05, 4.69) is 122 Å². The summed E-state index contributed by atoms with van der Waals surface area (Å²) in [6.45, 7) is 4.37. The maximum Gasteiger partial charge on any atom is 0.160 e. The smallest absolute Gasteiger partial charge is 0.160 e. The zero-order valence-corrected chi connectivity index (χ0v) is 31.4. The quantitative estimate of drug-likeness (QED) is 0.118. The first-order valence-electron chi connectivity index (χ1n) is 18.0. The number of nitrogens with zero attached hydrogens (tertiary/aromatic N) is 3. The van der Waals surface area contributed by atoms with Crippen LogP contribution in [0, 0.1) is 0 Å². The Morgan fingerprint density at radius 3 is 1.62 bits per heavy atom. The summed E-state index contributed by atoms with van der Waals surface area (Å²) >= 11 is 3.30. The number of nitrogens with two attached hydrogens (primary N) is 1. The predicted octanol–water partition coefficient (Wildman–Crippen LogP) is 13.4. The van der Waals surface area contributed by atoms with Crippen LogP contribution in [-0.2, 0) is 0 Å². The molecule has 2 N–H and O–H groups in total. The molecule has 4 nitrogen and oxygen atoms in total. The van der Waals surface area contributed by atoms with E-state index >= 15 is 0 Å². The summed E-state index contributed by atoms with van der Waals surface area (Å²) in [4.78, 5) is 17.2. The number of thiazole rings is 1. The normalized spacial score (nSPS) is 11.1. The third-order valence-corrected chi connectivity index (χ3v) is 11.7. The van der Waals surface area contributed by atoms with Crippen LogP contribution in [0.15, 0.2) is 193 Å². The SMILES string of the molecule is C=C(Sc1ccccc1N)c1ccc(-c2cc(-c3ccc(-c4nc5ccccc5s4)cc3)cc(-c3nc(-c4ccccc4)cc(-c4ccccc4)n3)c2)cc1. The van der Waals surface area contributed by atoms with Crippen molar-refractivity contribution < 1.29 is 0 Å². The van der Waals surface area contributed by atoms with Gasteiger partial charge in [0.05, 0.1) is 21.6 Å². The molecular formula is C49H34N4S2. The second kappa shape index (κ2) is 15.0. The highest BCUT2D eigenvalue weighted by atomic mass is 32.2. The van der Waals surface area contributed by atoms with Gasteiger partial charge in [-0.2, -0.15) is 0 Å². The van der Waals surface area contributed by atoms with Gasteiger partial charge >= 0.3 is 0 Å². The molecule has 9 aromatic rings. The number of para-hydroxylation sites is 2. The van der Waals surface area contributed by atoms with E-state index in [9.17, 15) is 0 Å². The summed E-state index contributed by atoms with van der Waals surface area (Å²) in [5, 5.41) is 1.01. The second-order valence-electron chi connectivity index (χ2n) is 13.2. The summed E-state index contributed by atoms with van der Waals surface area (Å²) in [5.74, 6) is 0.663. The van der Waals surface area contributed by atoms with Gasteiger partial charge in [-0.05, 0) is 76.3 Å². The van der Waals surface area contributed by atoms with Crippen LogP contribution < -0.4 is 5.73 Å². The van der Waals surface area contributed by atoms with Crippen molar-refractivity contribution >= 4 is 43.9 Å². The maximum atomic E-state index is 6.23. The molecule has 9 rings (SSSR count). The van der Waals surface area contributed by atoms with Gasteiger partial charge in [-0.1, -0.05) is 152 Å². The van der Waals surface area contributed by atoms with Gasteiger partial charge in [0.15, 0.2) is 5.82 Å². The molecule has 55 heavy (non-hydrogen) atoms. The van der Waals surface area contributed by atoms with E-state index in [0.717, 1.165) is 87.5 Å². The summed E-state index contributed by atoms with van der Waals surface area (Å²) in [6, 6.07) is 62.7. The molecule has 0 aliphatic rings. The number of benzene rings is 7. The lowest BCUT2D eigenvalue weighted by molar-refractivity contribution is 1.18. The molecular weight excluding hydrogens is 709 g/mol. The van der Waals surface area contributed by atoms with Crippen molar-refractivity contribution in [3.63, 3.8) is 0 Å². The molecule has 6 heteroatoms. The number of hydrogen-bond acceptors (Lipinski definition) is 6. The molecule has 0 aliphatic carbocycles. The number of anilines is 1. The Bertz CT molecular complexity index is 2700. The van der Waals surface area contributed by atoms with Gasteiger partial charge < -0.3 is 5.73 Å². The summed E-state index contributed by atoms with van der Waals surface area (Å²) in [6.07, 6.45) is 0. The van der Waals surface area contributed by atoms with Crippen molar-refractivity contribution in [1.82, 2.24) is 15.0 Å². The van der Waals surface area contributed by atoms with Crippen LogP contribution in [0.2, 0.25) is 0 Å². The third kappa shape index (κ3) is 7.34. The fourth-order valence-corrected chi connectivity index (χ4v) is 8.42. The number of nitrogen functional groups attached to an aromatic ring is 1. The van der Waals surface area contributed by atoms with Gasteiger partial charge in [0.25, 0.3) is 0 Å². The van der Waals surface area contributed by atoms with Crippen molar-refractivity contribution in [1.29, 1.82) is 0 Å². The number of hydrogen-bond donors (Lipinski definition) is 1. The molecule has 0 bridgehead atoms. The molecule has 7 aromatic carbocycles. The van der Waals surface area contributed by atoms with E-state index in [1.54, 1.807) is 23.1 Å². The van der Waals surface area contributed by atoms with E-state index in [-0.39, 0.29) is 0 Å². The van der Waals surface area contributed by atoms with Crippen LogP contribution in [-0.4, -0.2) is 15.0 Å². The standard InChI is InChI=1S/C49H34N4S2/c1-32(54-46-18-10-8-16-42(46)50)33-20-22-34(23-21-33)39-28-40(35-24-26-38(27-25-35)49-53-43-17-9-11-19-47(43)55-49)30-41(29-39)48-51-44(36-12-4-2-5-13-36)31-45(52-48)37-14-6-3-7-15-37/h2-31H,1,50H2. The summed E-state index contributed by atoms with van der Waals surface area (Å²) in [7, 11) is 0. The Kier molecular flexibility index (Phi) is 9.34. The molecule has 0 saturated carbocycles. The Morgan fingerprint density at radius 1 is 0.473 bits per heavy atom. The number of fused-ring (bicyclic) bond motifs is 1. The first kappa shape index (κ1) is 34.2. The lowest BCUT2D eigenvalue weighted by Gasteiger charge is -2.14. The molecule has 0 amide bonds. The summed E-state index contributed by atoms with van der Waals surface area (Å²) < 4.78 is 1.18. The molecule has 2 heterocycles. The average Bonchev–Trinajstić information content (AvgIpc) is 3.70. The van der Waals surface area contributed by atoms with Gasteiger partial charge in [0.2, 0.25) is 0 Å². The lowest BCUT2D eigenvalue weighted by atomic mass is 9.94. The predicted molar refractivity (Wildman–Crippen MR) is 234 cm³/mol. The number of rotatable bonds is 9. The summed E-state index contributed by atoms with van der Waals surface area (Å²) in [5.41, 5.74) is 19.2. The Morgan fingerprint density at radius 2 is 1.00 bits per heavy atom. The van der Waals surface area contributed by atoms with Crippen molar-refractivity contribution in [3.05, 3.63) is 194 Å². The molecule has 0 radical (unpaired) electrons. The van der Waals surface area contributed by atoms with E-state index in [1.807, 2.05) is 66.7 Å². The first-order valence-corrected chi connectivity index (χ1v) is 19.6. The van der Waals surface area contributed by atoms with Crippen LogP contribution in [0.3, 0.4) is 0 Å². The molecule has 0 saturated heterocycles. The molecule has 262 valence electrons. The number of thioether (sulfide) groups is 1. The van der Waals surface area contributed by atoms with Crippen LogP contribution in [0.5, 0.6) is 0 Å². The van der Waals surface area contributed by atoms with Crippen molar-refractivity contribution in [2.75, 3.05) is 5.73 Å². The Hall–Kier alpha value is -6.60. The van der Waals surface area contributed by atoms with Gasteiger partial charge in [0, 0.05) is 37.7 Å². The fourth-order valence-electron chi connectivity index (χ4n) is 6.59. The molecule has 0 atom stereocenters. The van der Waals surface area contributed by atoms with Crippen molar-refractivity contribution in [3.8, 4) is 66.7 Å². The molecule has 2 aromatic heterocycles. The molecule has 0 unspecified atom stereocenters. The van der Waals surface area contributed by atoms with E-state index in [1.165, 1.54) is 4.70 Å². The minimum Gasteiger partial charge on any atom is -0.398 e. The van der Waals surface area contributed by atoms with E-state index in [0.29, 0.717) is 5.82 Å². The van der Waals surface area contributed by atoms with E-state index in [4.69, 9.17) is 20.7 Å². The molecule has 0 spiro atoms. The highest BCUT2D eigenvalue weighted by molar-refractivity contribution is 8.08. The van der Waals surface area contributed by atoms with Crippen LogP contribution in [0.25, 0.3) is 81.8 Å². The first-order chi connectivity index (χ1) is 27.0. The zero-order valence-electron chi connectivity index (χ0n) is 29.8. The van der Waals surface area contributed by atoms with Crippen LogP contribution in [0.1, 0.15) is 5.56 Å². The van der Waals surface area contributed by atoms with Gasteiger partial charge in [-0.3, -0.25) is 0 Å². The monoisotopic (exact) mass is 742 g/mol. The minimum absolute atomic E-state index is 0.663. The van der Waals surface area contributed by atoms with Crippen LogP contribution in [0.4, 0.5) is 5.69 Å². The van der Waals surface area contributed by atoms with Crippen LogP contribution >= 0.6 is 23.1 Å². The largest absolute Gasteiger partial charge is 0.398 e.